The van der Waals surface area contributed by atoms with Crippen LogP contribution in [0.5, 0.6) is 11.5 Å². The normalized spacial score (nSPS) is 10.5. The lowest BCUT2D eigenvalue weighted by atomic mass is 10.2. The maximum Gasteiger partial charge on any atom is 0.328 e. The number of ether oxygens (including phenoxy) is 2. The Morgan fingerprint density at radius 1 is 1.47 bits per heavy atom. The molecule has 0 radical (unpaired) electrons. The molecule has 0 saturated heterocycles. The molecule has 0 bridgehead atoms. The summed E-state index contributed by atoms with van der Waals surface area (Å²) in [5.41, 5.74) is 0.715. The van der Waals surface area contributed by atoms with Crippen LogP contribution in [0.2, 0.25) is 0 Å². The molecule has 0 spiro atoms. The van der Waals surface area contributed by atoms with E-state index in [-0.39, 0.29) is 0 Å². The van der Waals surface area contributed by atoms with E-state index in [1.807, 2.05) is 6.92 Å². The highest BCUT2D eigenvalue weighted by Crippen LogP contribution is 2.34. The molecule has 0 amide bonds. The lowest BCUT2D eigenvalue weighted by Gasteiger charge is -2.11. The molecule has 0 fully saturated rings. The van der Waals surface area contributed by atoms with Crippen molar-refractivity contribution in [2.75, 3.05) is 13.7 Å². The van der Waals surface area contributed by atoms with Crippen LogP contribution in [-0.4, -0.2) is 24.8 Å². The molecule has 1 aromatic rings. The first-order valence-corrected chi connectivity index (χ1v) is 5.79. The predicted molar refractivity (Wildman–Crippen MR) is 68.5 cm³/mol. The summed E-state index contributed by atoms with van der Waals surface area (Å²) in [4.78, 5) is 10.4. The van der Waals surface area contributed by atoms with E-state index in [1.54, 1.807) is 12.1 Å². The van der Waals surface area contributed by atoms with E-state index in [1.165, 1.54) is 13.2 Å². The van der Waals surface area contributed by atoms with Crippen LogP contribution in [0.4, 0.5) is 0 Å². The SMILES string of the molecule is CCOc1cc(Br)c(C=CC(=O)O)cc1OC. The maximum atomic E-state index is 10.4. The smallest absolute Gasteiger partial charge is 0.328 e. The van der Waals surface area contributed by atoms with Gasteiger partial charge in [-0.15, -0.1) is 0 Å². The molecule has 1 aromatic carbocycles. The number of hydrogen-bond acceptors (Lipinski definition) is 3. The van der Waals surface area contributed by atoms with Gasteiger partial charge >= 0.3 is 5.97 Å². The van der Waals surface area contributed by atoms with Crippen LogP contribution >= 0.6 is 15.9 Å². The van der Waals surface area contributed by atoms with Crippen LogP contribution in [-0.2, 0) is 4.79 Å². The number of methoxy groups -OCH3 is 1. The van der Waals surface area contributed by atoms with Gasteiger partial charge in [-0.3, -0.25) is 0 Å². The van der Waals surface area contributed by atoms with Crippen LogP contribution in [0.1, 0.15) is 12.5 Å². The number of carbonyl (C=O) groups is 1. The second kappa shape index (κ2) is 6.30. The van der Waals surface area contributed by atoms with E-state index in [0.29, 0.717) is 23.7 Å². The van der Waals surface area contributed by atoms with E-state index < -0.39 is 5.97 Å². The number of rotatable bonds is 5. The molecule has 0 aliphatic carbocycles. The van der Waals surface area contributed by atoms with Crippen LogP contribution in [0.3, 0.4) is 0 Å². The first kappa shape index (κ1) is 13.6. The van der Waals surface area contributed by atoms with Gasteiger partial charge in [-0.1, -0.05) is 15.9 Å². The van der Waals surface area contributed by atoms with Crippen molar-refractivity contribution in [1.82, 2.24) is 0 Å². The molecule has 0 unspecified atom stereocenters. The summed E-state index contributed by atoms with van der Waals surface area (Å²) in [6.07, 6.45) is 2.56. The maximum absolute atomic E-state index is 10.4. The second-order valence-electron chi connectivity index (χ2n) is 3.13. The molecule has 1 rings (SSSR count). The number of halogens is 1. The molecule has 0 heterocycles. The first-order valence-electron chi connectivity index (χ1n) is 4.99. The number of hydrogen-bond donors (Lipinski definition) is 1. The minimum Gasteiger partial charge on any atom is -0.493 e. The van der Waals surface area contributed by atoms with Gasteiger partial charge in [0.25, 0.3) is 0 Å². The van der Waals surface area contributed by atoms with E-state index >= 15 is 0 Å². The first-order chi connectivity index (χ1) is 8.08. The van der Waals surface area contributed by atoms with Crippen molar-refractivity contribution in [2.45, 2.75) is 6.92 Å². The lowest BCUT2D eigenvalue weighted by Crippen LogP contribution is -1.96. The van der Waals surface area contributed by atoms with Crippen LogP contribution in [0.15, 0.2) is 22.7 Å². The zero-order chi connectivity index (χ0) is 12.8. The van der Waals surface area contributed by atoms with Gasteiger partial charge in [-0.25, -0.2) is 4.79 Å². The largest absolute Gasteiger partial charge is 0.493 e. The van der Waals surface area contributed by atoms with Gasteiger partial charge in [0.05, 0.1) is 13.7 Å². The summed E-state index contributed by atoms with van der Waals surface area (Å²) < 4.78 is 11.3. The summed E-state index contributed by atoms with van der Waals surface area (Å²) in [5, 5.41) is 8.57. The van der Waals surface area contributed by atoms with Crippen LogP contribution in [0, 0.1) is 0 Å². The third-order valence-corrected chi connectivity index (χ3v) is 2.68. The third kappa shape index (κ3) is 3.78. The summed E-state index contributed by atoms with van der Waals surface area (Å²) in [6, 6.07) is 3.47. The second-order valence-corrected chi connectivity index (χ2v) is 3.98. The minimum atomic E-state index is -0.996. The van der Waals surface area contributed by atoms with Gasteiger partial charge in [0.15, 0.2) is 11.5 Å². The molecule has 0 atom stereocenters. The van der Waals surface area contributed by atoms with Crippen molar-refractivity contribution in [3.05, 3.63) is 28.2 Å². The van der Waals surface area contributed by atoms with Gasteiger partial charge in [0, 0.05) is 10.5 Å². The Morgan fingerprint density at radius 3 is 2.71 bits per heavy atom. The van der Waals surface area contributed by atoms with E-state index in [0.717, 1.165) is 10.5 Å². The Hall–Kier alpha value is -1.49. The minimum absolute atomic E-state index is 0.535. The highest BCUT2D eigenvalue weighted by Gasteiger charge is 2.08. The monoisotopic (exact) mass is 300 g/mol. The summed E-state index contributed by atoms with van der Waals surface area (Å²) in [6.45, 7) is 2.42. The molecule has 0 aliphatic rings. The van der Waals surface area contributed by atoms with E-state index in [9.17, 15) is 4.79 Å². The topological polar surface area (TPSA) is 55.8 Å². The van der Waals surface area contributed by atoms with Gasteiger partial charge < -0.3 is 14.6 Å². The van der Waals surface area contributed by atoms with Crippen LogP contribution in [0.25, 0.3) is 6.08 Å². The molecule has 92 valence electrons. The quantitative estimate of drug-likeness (QED) is 0.850. The number of carboxylic acids is 1. The molecule has 5 heteroatoms. The fourth-order valence-electron chi connectivity index (χ4n) is 1.27. The van der Waals surface area contributed by atoms with E-state index in [4.69, 9.17) is 14.6 Å². The molecule has 1 N–H and O–H groups in total. The average Bonchev–Trinajstić information content (AvgIpc) is 2.28. The Balaban J connectivity index is 3.12. The summed E-state index contributed by atoms with van der Waals surface area (Å²) in [5.74, 6) is 0.194. The van der Waals surface area contributed by atoms with Crippen molar-refractivity contribution >= 4 is 28.0 Å². The fraction of sp³-hybridized carbons (Fsp3) is 0.250. The van der Waals surface area contributed by atoms with Crippen molar-refractivity contribution in [1.29, 1.82) is 0 Å². The van der Waals surface area contributed by atoms with Gasteiger partial charge in [-0.2, -0.15) is 0 Å². The molecule has 0 aliphatic heterocycles. The van der Waals surface area contributed by atoms with Gasteiger partial charge in [0.2, 0.25) is 0 Å². The Morgan fingerprint density at radius 2 is 2.18 bits per heavy atom. The molecule has 17 heavy (non-hydrogen) atoms. The Bertz CT molecular complexity index is 440. The van der Waals surface area contributed by atoms with Gasteiger partial charge in [-0.05, 0) is 30.7 Å². The van der Waals surface area contributed by atoms with Crippen molar-refractivity contribution in [3.8, 4) is 11.5 Å². The third-order valence-electron chi connectivity index (χ3n) is 1.99. The van der Waals surface area contributed by atoms with Crippen LogP contribution < -0.4 is 9.47 Å². The molecule has 0 saturated carbocycles. The lowest BCUT2D eigenvalue weighted by molar-refractivity contribution is -0.131. The number of benzene rings is 1. The summed E-state index contributed by atoms with van der Waals surface area (Å²) in [7, 11) is 1.54. The Labute approximate surface area is 108 Å². The molecular formula is C12H13BrO4. The molecule has 4 nitrogen and oxygen atoms in total. The predicted octanol–water partition coefficient (Wildman–Crippen LogP) is 2.95. The van der Waals surface area contributed by atoms with E-state index in [2.05, 4.69) is 15.9 Å². The van der Waals surface area contributed by atoms with Crippen molar-refractivity contribution < 1.29 is 19.4 Å². The Kier molecular flexibility index (Phi) is 5.03. The van der Waals surface area contributed by atoms with Crippen molar-refractivity contribution in [3.63, 3.8) is 0 Å². The molecule has 0 aromatic heterocycles. The number of carboxylic acid groups (broad SMARTS) is 1. The molecular weight excluding hydrogens is 288 g/mol. The fourth-order valence-corrected chi connectivity index (χ4v) is 1.72. The summed E-state index contributed by atoms with van der Waals surface area (Å²) >= 11 is 3.35. The number of aliphatic carboxylic acids is 1. The highest BCUT2D eigenvalue weighted by molar-refractivity contribution is 9.10. The zero-order valence-electron chi connectivity index (χ0n) is 9.57. The zero-order valence-corrected chi connectivity index (χ0v) is 11.2. The standard InChI is InChI=1S/C12H13BrO4/c1-3-17-11-7-9(13)8(4-5-12(14)15)6-10(11)16-2/h4-7H,3H2,1-2H3,(H,14,15). The van der Waals surface area contributed by atoms with Gasteiger partial charge in [0.1, 0.15) is 0 Å². The van der Waals surface area contributed by atoms with Crippen molar-refractivity contribution in [2.24, 2.45) is 0 Å². The highest BCUT2D eigenvalue weighted by atomic mass is 79.9. The average molecular weight is 301 g/mol.